The highest BCUT2D eigenvalue weighted by Crippen LogP contribution is 2.23. The van der Waals surface area contributed by atoms with Crippen LogP contribution in [0.15, 0.2) is 22.7 Å². The van der Waals surface area contributed by atoms with E-state index in [0.29, 0.717) is 17.4 Å². The summed E-state index contributed by atoms with van der Waals surface area (Å²) >= 11 is 3.16. The van der Waals surface area contributed by atoms with E-state index in [2.05, 4.69) is 33.8 Å². The van der Waals surface area contributed by atoms with Crippen LogP contribution in [0.4, 0.5) is 10.1 Å². The lowest BCUT2D eigenvalue weighted by Crippen LogP contribution is -2.25. The van der Waals surface area contributed by atoms with Crippen molar-refractivity contribution in [2.75, 3.05) is 18.0 Å². The molecule has 0 aromatic heterocycles. The Labute approximate surface area is 123 Å². The van der Waals surface area contributed by atoms with Crippen molar-refractivity contribution in [3.05, 3.63) is 28.5 Å². The van der Waals surface area contributed by atoms with Gasteiger partial charge >= 0.3 is 0 Å². The lowest BCUT2D eigenvalue weighted by molar-refractivity contribution is 0.616. The molecule has 1 aromatic carbocycles. The van der Waals surface area contributed by atoms with Gasteiger partial charge in [-0.15, -0.1) is 0 Å². The van der Waals surface area contributed by atoms with Gasteiger partial charge < -0.3 is 4.90 Å². The fourth-order valence-corrected chi connectivity index (χ4v) is 2.21. The number of nitriles is 1. The van der Waals surface area contributed by atoms with Crippen LogP contribution in [0.5, 0.6) is 0 Å². The summed E-state index contributed by atoms with van der Waals surface area (Å²) in [5.74, 6) is -0.256. The van der Waals surface area contributed by atoms with Crippen LogP contribution in [-0.4, -0.2) is 13.1 Å². The first-order valence-corrected chi connectivity index (χ1v) is 7.55. The van der Waals surface area contributed by atoms with Gasteiger partial charge in [-0.25, -0.2) is 4.39 Å². The Morgan fingerprint density at radius 1 is 1.26 bits per heavy atom. The summed E-state index contributed by atoms with van der Waals surface area (Å²) in [7, 11) is 0. The summed E-state index contributed by atoms with van der Waals surface area (Å²) in [6.07, 6.45) is 5.15. The average Bonchev–Trinajstić information content (AvgIpc) is 2.41. The number of hydrogen-bond donors (Lipinski definition) is 0. The zero-order valence-corrected chi connectivity index (χ0v) is 12.9. The maximum absolute atomic E-state index is 13.6. The second-order valence-corrected chi connectivity index (χ2v) is 5.41. The van der Waals surface area contributed by atoms with Crippen LogP contribution >= 0.6 is 15.9 Å². The summed E-state index contributed by atoms with van der Waals surface area (Å²) < 4.78 is 14.0. The summed E-state index contributed by atoms with van der Waals surface area (Å²) in [4.78, 5) is 2.09. The third kappa shape index (κ3) is 5.61. The molecule has 4 heteroatoms. The van der Waals surface area contributed by atoms with Crippen LogP contribution in [0.2, 0.25) is 0 Å². The van der Waals surface area contributed by atoms with Crippen LogP contribution in [0, 0.1) is 17.1 Å². The molecule has 0 unspecified atom stereocenters. The molecule has 0 bridgehead atoms. The second kappa shape index (κ2) is 8.92. The fourth-order valence-electron chi connectivity index (χ4n) is 1.97. The number of unbranched alkanes of at least 4 members (excludes halogenated alkanes) is 3. The van der Waals surface area contributed by atoms with Gasteiger partial charge in [0.25, 0.3) is 0 Å². The summed E-state index contributed by atoms with van der Waals surface area (Å²) in [5.41, 5.74) is 0.854. The average molecular weight is 327 g/mol. The highest BCUT2D eigenvalue weighted by Gasteiger charge is 2.08. The van der Waals surface area contributed by atoms with E-state index in [-0.39, 0.29) is 5.82 Å². The van der Waals surface area contributed by atoms with E-state index in [1.54, 1.807) is 6.07 Å². The SMILES string of the molecule is CCCCCCN(CCC#N)c1ccc(Br)c(F)c1. The van der Waals surface area contributed by atoms with Crippen molar-refractivity contribution < 1.29 is 4.39 Å². The Balaban J connectivity index is 2.66. The molecule has 0 saturated heterocycles. The van der Waals surface area contributed by atoms with E-state index < -0.39 is 0 Å². The predicted molar refractivity (Wildman–Crippen MR) is 80.7 cm³/mol. The van der Waals surface area contributed by atoms with E-state index >= 15 is 0 Å². The number of hydrogen-bond acceptors (Lipinski definition) is 2. The first kappa shape index (κ1) is 16.0. The molecule has 104 valence electrons. The van der Waals surface area contributed by atoms with Crippen LogP contribution in [0.3, 0.4) is 0 Å². The van der Waals surface area contributed by atoms with Gasteiger partial charge in [0.15, 0.2) is 0 Å². The van der Waals surface area contributed by atoms with Gasteiger partial charge in [-0.05, 0) is 40.5 Å². The fraction of sp³-hybridized carbons (Fsp3) is 0.533. The largest absolute Gasteiger partial charge is 0.370 e. The first-order valence-electron chi connectivity index (χ1n) is 6.76. The van der Waals surface area contributed by atoms with Crippen molar-refractivity contribution in [2.45, 2.75) is 39.0 Å². The Morgan fingerprint density at radius 3 is 2.68 bits per heavy atom. The topological polar surface area (TPSA) is 27.0 Å². The molecule has 0 aliphatic rings. The highest BCUT2D eigenvalue weighted by atomic mass is 79.9. The Bertz CT molecular complexity index is 429. The molecule has 1 rings (SSSR count). The first-order chi connectivity index (χ1) is 9.19. The highest BCUT2D eigenvalue weighted by molar-refractivity contribution is 9.10. The third-order valence-corrected chi connectivity index (χ3v) is 3.69. The normalized spacial score (nSPS) is 10.2. The number of halogens is 2. The van der Waals surface area contributed by atoms with E-state index in [9.17, 15) is 4.39 Å². The number of anilines is 1. The number of nitrogens with zero attached hydrogens (tertiary/aromatic N) is 2. The van der Waals surface area contributed by atoms with Crippen LogP contribution in [0.25, 0.3) is 0 Å². The third-order valence-electron chi connectivity index (χ3n) is 3.04. The van der Waals surface area contributed by atoms with Gasteiger partial charge in [0.1, 0.15) is 5.82 Å². The van der Waals surface area contributed by atoms with Crippen molar-refractivity contribution in [1.82, 2.24) is 0 Å². The van der Waals surface area contributed by atoms with E-state index in [1.165, 1.54) is 25.3 Å². The maximum Gasteiger partial charge on any atom is 0.139 e. The molecule has 0 spiro atoms. The van der Waals surface area contributed by atoms with Gasteiger partial charge in [-0.3, -0.25) is 0 Å². The zero-order valence-electron chi connectivity index (χ0n) is 11.3. The Hall–Kier alpha value is -1.08. The minimum Gasteiger partial charge on any atom is -0.370 e. The standard InChI is InChI=1S/C15H20BrFN2/c1-2-3-4-5-10-19(11-6-9-18)13-7-8-14(16)15(17)12-13/h7-8,12H,2-6,10-11H2,1H3. The molecule has 0 fully saturated rings. The molecule has 0 amide bonds. The number of benzene rings is 1. The second-order valence-electron chi connectivity index (χ2n) is 4.55. The van der Waals surface area contributed by atoms with Crippen molar-refractivity contribution in [3.8, 4) is 6.07 Å². The zero-order chi connectivity index (χ0) is 14.1. The Kier molecular flexibility index (Phi) is 7.50. The van der Waals surface area contributed by atoms with Crippen LogP contribution < -0.4 is 4.90 Å². The molecule has 0 aliphatic heterocycles. The van der Waals surface area contributed by atoms with Gasteiger partial charge in [-0.2, -0.15) is 5.26 Å². The lowest BCUT2D eigenvalue weighted by Gasteiger charge is -2.24. The monoisotopic (exact) mass is 326 g/mol. The molecule has 2 nitrogen and oxygen atoms in total. The van der Waals surface area contributed by atoms with Crippen LogP contribution in [-0.2, 0) is 0 Å². The van der Waals surface area contributed by atoms with Crippen LogP contribution in [0.1, 0.15) is 39.0 Å². The number of rotatable bonds is 8. The predicted octanol–water partition coefficient (Wildman–Crippen LogP) is 4.89. The van der Waals surface area contributed by atoms with E-state index in [4.69, 9.17) is 5.26 Å². The molecular formula is C15H20BrFN2. The molecule has 0 heterocycles. The van der Waals surface area contributed by atoms with Gasteiger partial charge in [-0.1, -0.05) is 26.2 Å². The molecule has 1 aromatic rings. The molecule has 0 aliphatic carbocycles. The van der Waals surface area contributed by atoms with Gasteiger partial charge in [0, 0.05) is 18.8 Å². The van der Waals surface area contributed by atoms with E-state index in [0.717, 1.165) is 18.7 Å². The molecule has 19 heavy (non-hydrogen) atoms. The summed E-state index contributed by atoms with van der Waals surface area (Å²) in [5, 5.41) is 8.71. The van der Waals surface area contributed by atoms with Crippen molar-refractivity contribution >= 4 is 21.6 Å². The van der Waals surface area contributed by atoms with E-state index in [1.807, 2.05) is 6.07 Å². The maximum atomic E-state index is 13.6. The molecule has 0 N–H and O–H groups in total. The minimum absolute atomic E-state index is 0.256. The Morgan fingerprint density at radius 2 is 2.05 bits per heavy atom. The van der Waals surface area contributed by atoms with Gasteiger partial charge in [0.2, 0.25) is 0 Å². The minimum atomic E-state index is -0.256. The van der Waals surface area contributed by atoms with Crippen molar-refractivity contribution in [3.63, 3.8) is 0 Å². The molecule has 0 atom stereocenters. The van der Waals surface area contributed by atoms with Crippen molar-refractivity contribution in [1.29, 1.82) is 5.26 Å². The molecular weight excluding hydrogens is 307 g/mol. The smallest absolute Gasteiger partial charge is 0.139 e. The molecule has 0 radical (unpaired) electrons. The summed E-state index contributed by atoms with van der Waals surface area (Å²) in [6, 6.07) is 7.29. The molecule has 0 saturated carbocycles. The van der Waals surface area contributed by atoms with Crippen molar-refractivity contribution in [2.24, 2.45) is 0 Å². The summed E-state index contributed by atoms with van der Waals surface area (Å²) in [6.45, 7) is 3.71. The van der Waals surface area contributed by atoms with Gasteiger partial charge in [0.05, 0.1) is 17.0 Å². The lowest BCUT2D eigenvalue weighted by atomic mass is 10.2. The quantitative estimate of drug-likeness (QED) is 0.636.